The highest BCUT2D eigenvalue weighted by molar-refractivity contribution is 7.99. The first kappa shape index (κ1) is 15.7. The molecule has 4 rings (SSSR count). The average molecular weight is 345 g/mol. The monoisotopic (exact) mass is 345 g/mol. The van der Waals surface area contributed by atoms with E-state index in [1.165, 1.54) is 6.07 Å². The zero-order chi connectivity index (χ0) is 16.9. The van der Waals surface area contributed by atoms with E-state index in [0.29, 0.717) is 18.5 Å². The number of hydrogen-bond acceptors (Lipinski definition) is 3. The van der Waals surface area contributed by atoms with Gasteiger partial charge in [0.05, 0.1) is 17.7 Å². The van der Waals surface area contributed by atoms with E-state index in [2.05, 4.69) is 14.9 Å². The lowest BCUT2D eigenvalue weighted by Crippen LogP contribution is -2.38. The zero-order valence-corrected chi connectivity index (χ0v) is 14.6. The van der Waals surface area contributed by atoms with Crippen molar-refractivity contribution in [3.63, 3.8) is 0 Å². The summed E-state index contributed by atoms with van der Waals surface area (Å²) in [7, 11) is 0. The van der Waals surface area contributed by atoms with Crippen LogP contribution in [0.3, 0.4) is 0 Å². The molecule has 0 spiro atoms. The number of amides is 1. The number of thioether (sulfide) groups is 1. The van der Waals surface area contributed by atoms with E-state index < -0.39 is 5.41 Å². The van der Waals surface area contributed by atoms with Crippen molar-refractivity contribution < 1.29 is 9.18 Å². The summed E-state index contributed by atoms with van der Waals surface area (Å²) in [6.07, 6.45) is 2.64. The van der Waals surface area contributed by atoms with Gasteiger partial charge in [0, 0.05) is 24.1 Å². The Morgan fingerprint density at radius 2 is 2.17 bits per heavy atom. The van der Waals surface area contributed by atoms with Crippen molar-refractivity contribution in [2.24, 2.45) is 5.41 Å². The summed E-state index contributed by atoms with van der Waals surface area (Å²) in [4.78, 5) is 17.5. The van der Waals surface area contributed by atoms with Gasteiger partial charge in [0.15, 0.2) is 5.16 Å². The molecule has 2 aromatic rings. The van der Waals surface area contributed by atoms with Crippen LogP contribution in [0.1, 0.15) is 31.5 Å². The van der Waals surface area contributed by atoms with E-state index in [1.54, 1.807) is 30.0 Å². The van der Waals surface area contributed by atoms with Crippen molar-refractivity contribution >= 4 is 17.7 Å². The van der Waals surface area contributed by atoms with Crippen LogP contribution in [-0.4, -0.2) is 21.2 Å². The largest absolute Gasteiger partial charge is 0.350 e. The van der Waals surface area contributed by atoms with Gasteiger partial charge in [-0.2, -0.15) is 0 Å². The van der Waals surface area contributed by atoms with Crippen molar-refractivity contribution in [3.8, 4) is 0 Å². The van der Waals surface area contributed by atoms with Crippen molar-refractivity contribution in [1.29, 1.82) is 0 Å². The number of imidazole rings is 1. The molecule has 6 heteroatoms. The van der Waals surface area contributed by atoms with E-state index >= 15 is 0 Å². The first-order valence-corrected chi connectivity index (χ1v) is 9.15. The van der Waals surface area contributed by atoms with E-state index in [0.717, 1.165) is 23.1 Å². The van der Waals surface area contributed by atoms with Crippen LogP contribution in [0.25, 0.3) is 0 Å². The number of fused-ring (bicyclic) bond motifs is 1. The van der Waals surface area contributed by atoms with Crippen LogP contribution < -0.4 is 5.32 Å². The lowest BCUT2D eigenvalue weighted by molar-refractivity contribution is -0.124. The summed E-state index contributed by atoms with van der Waals surface area (Å²) in [5, 5.41) is 3.99. The Hall–Kier alpha value is -1.82. The SMILES string of the molecule is CC1(C)CC1(C(=O)NCc1cn2c(n1)SCC2)c1ccccc1F. The van der Waals surface area contributed by atoms with Gasteiger partial charge in [-0.3, -0.25) is 4.79 Å². The molecule has 24 heavy (non-hydrogen) atoms. The number of benzene rings is 1. The van der Waals surface area contributed by atoms with Gasteiger partial charge < -0.3 is 9.88 Å². The molecule has 1 N–H and O–H groups in total. The molecule has 2 heterocycles. The first-order chi connectivity index (χ1) is 11.4. The number of aryl methyl sites for hydroxylation is 1. The average Bonchev–Trinajstić information content (AvgIpc) is 2.86. The Labute approximate surface area is 144 Å². The maximum atomic E-state index is 14.3. The summed E-state index contributed by atoms with van der Waals surface area (Å²) in [6.45, 7) is 5.38. The number of nitrogens with one attached hydrogen (secondary N) is 1. The Morgan fingerprint density at radius 1 is 1.42 bits per heavy atom. The number of nitrogens with zero attached hydrogens (tertiary/aromatic N) is 2. The van der Waals surface area contributed by atoms with Crippen LogP contribution in [0.4, 0.5) is 4.39 Å². The second kappa shape index (κ2) is 5.34. The van der Waals surface area contributed by atoms with Crippen molar-refractivity contribution in [2.75, 3.05) is 5.75 Å². The Kier molecular flexibility index (Phi) is 3.49. The predicted octanol–water partition coefficient (Wildman–Crippen LogP) is 3.11. The molecule has 1 aromatic heterocycles. The zero-order valence-electron chi connectivity index (χ0n) is 13.8. The van der Waals surface area contributed by atoms with Gasteiger partial charge in [0.2, 0.25) is 5.91 Å². The second-order valence-electron chi connectivity index (χ2n) is 7.19. The molecule has 126 valence electrons. The van der Waals surface area contributed by atoms with Gasteiger partial charge in [-0.25, -0.2) is 9.37 Å². The molecule has 0 saturated heterocycles. The van der Waals surface area contributed by atoms with Crippen LogP contribution in [0.15, 0.2) is 35.6 Å². The molecule has 1 aliphatic heterocycles. The number of hydrogen-bond donors (Lipinski definition) is 1. The number of carbonyl (C=O) groups is 1. The molecule has 1 atom stereocenters. The summed E-state index contributed by atoms with van der Waals surface area (Å²) < 4.78 is 16.4. The molecule has 2 aliphatic rings. The van der Waals surface area contributed by atoms with Crippen LogP contribution >= 0.6 is 11.8 Å². The van der Waals surface area contributed by atoms with Crippen LogP contribution in [0, 0.1) is 11.2 Å². The maximum Gasteiger partial charge on any atom is 0.231 e. The normalized spacial score (nSPS) is 23.8. The summed E-state index contributed by atoms with van der Waals surface area (Å²) in [6, 6.07) is 6.60. The third kappa shape index (κ3) is 2.27. The van der Waals surface area contributed by atoms with Crippen LogP contribution in [0.2, 0.25) is 0 Å². The second-order valence-corrected chi connectivity index (χ2v) is 8.25. The topological polar surface area (TPSA) is 46.9 Å². The van der Waals surface area contributed by atoms with Gasteiger partial charge in [-0.15, -0.1) is 0 Å². The predicted molar refractivity (Wildman–Crippen MR) is 91.3 cm³/mol. The molecule has 1 aliphatic carbocycles. The number of halogens is 1. The fourth-order valence-corrected chi connectivity index (χ4v) is 4.73. The van der Waals surface area contributed by atoms with Gasteiger partial charge in [-0.05, 0) is 17.9 Å². The molecule has 0 radical (unpaired) electrons. The minimum Gasteiger partial charge on any atom is -0.350 e. The number of aromatic nitrogens is 2. The third-order valence-electron chi connectivity index (χ3n) is 5.24. The van der Waals surface area contributed by atoms with Gasteiger partial charge in [0.1, 0.15) is 5.82 Å². The molecular formula is C18H20FN3OS. The first-order valence-electron chi connectivity index (χ1n) is 8.16. The smallest absolute Gasteiger partial charge is 0.231 e. The standard InChI is InChI=1S/C18H20FN3OS/c1-17(2)11-18(17,13-5-3-4-6-14(13)19)15(23)20-9-12-10-22-7-8-24-16(22)21-12/h3-6,10H,7-9,11H2,1-2H3,(H,20,23). The van der Waals surface area contributed by atoms with Gasteiger partial charge in [-0.1, -0.05) is 43.8 Å². The van der Waals surface area contributed by atoms with E-state index in [-0.39, 0.29) is 17.1 Å². The summed E-state index contributed by atoms with van der Waals surface area (Å²) in [5.41, 5.74) is 0.323. The molecule has 1 unspecified atom stereocenters. The number of carbonyl (C=O) groups excluding carboxylic acids is 1. The van der Waals surface area contributed by atoms with Crippen molar-refractivity contribution in [3.05, 3.63) is 47.5 Å². The molecular weight excluding hydrogens is 325 g/mol. The quantitative estimate of drug-likeness (QED) is 0.926. The van der Waals surface area contributed by atoms with E-state index in [4.69, 9.17) is 0 Å². The highest BCUT2D eigenvalue weighted by Crippen LogP contribution is 2.64. The third-order valence-corrected chi connectivity index (χ3v) is 6.21. The van der Waals surface area contributed by atoms with Gasteiger partial charge in [0.25, 0.3) is 0 Å². The lowest BCUT2D eigenvalue weighted by Gasteiger charge is -2.21. The number of rotatable bonds is 4. The van der Waals surface area contributed by atoms with E-state index in [1.807, 2.05) is 20.0 Å². The Balaban J connectivity index is 1.54. The fraction of sp³-hybridized carbons (Fsp3) is 0.444. The molecule has 1 fully saturated rings. The molecule has 1 saturated carbocycles. The molecule has 0 bridgehead atoms. The fourth-order valence-electron chi connectivity index (χ4n) is 3.76. The Bertz CT molecular complexity index is 795. The summed E-state index contributed by atoms with van der Waals surface area (Å²) in [5.74, 6) is 0.633. The molecule has 1 amide bonds. The minimum atomic E-state index is -0.782. The maximum absolute atomic E-state index is 14.3. The van der Waals surface area contributed by atoms with Crippen LogP contribution in [0.5, 0.6) is 0 Å². The minimum absolute atomic E-state index is 0.113. The van der Waals surface area contributed by atoms with Crippen molar-refractivity contribution in [2.45, 2.75) is 43.9 Å². The molecule has 4 nitrogen and oxygen atoms in total. The molecule has 1 aromatic carbocycles. The van der Waals surface area contributed by atoms with Gasteiger partial charge >= 0.3 is 0 Å². The summed E-state index contributed by atoms with van der Waals surface area (Å²) >= 11 is 1.73. The lowest BCUT2D eigenvalue weighted by atomic mass is 9.86. The highest BCUT2D eigenvalue weighted by atomic mass is 32.2. The highest BCUT2D eigenvalue weighted by Gasteiger charge is 2.67. The van der Waals surface area contributed by atoms with Crippen molar-refractivity contribution in [1.82, 2.24) is 14.9 Å². The van der Waals surface area contributed by atoms with Crippen LogP contribution in [-0.2, 0) is 23.3 Å². The Morgan fingerprint density at radius 3 is 2.83 bits per heavy atom. The van der Waals surface area contributed by atoms with E-state index in [9.17, 15) is 9.18 Å².